The van der Waals surface area contributed by atoms with E-state index in [1.165, 1.54) is 16.2 Å². The minimum atomic E-state index is -0.372. The molecule has 0 radical (unpaired) electrons. The number of hydrogen-bond acceptors (Lipinski definition) is 6. The maximum Gasteiger partial charge on any atom is 0.326 e. The lowest BCUT2D eigenvalue weighted by Crippen LogP contribution is -2.42. The number of likely N-dealkylation sites (tertiary alicyclic amines) is 1. The molecule has 3 heterocycles. The smallest absolute Gasteiger partial charge is 0.326 e. The first-order chi connectivity index (χ1) is 19.7. The van der Waals surface area contributed by atoms with Crippen LogP contribution < -0.4 is 11.0 Å². The average Bonchev–Trinajstić information content (AvgIpc) is 3.54. The van der Waals surface area contributed by atoms with E-state index in [1.807, 2.05) is 38.1 Å². The summed E-state index contributed by atoms with van der Waals surface area (Å²) in [5, 5.41) is 5.41. The molecule has 1 fully saturated rings. The van der Waals surface area contributed by atoms with Crippen molar-refractivity contribution in [2.24, 2.45) is 0 Å². The molecule has 0 bridgehead atoms. The van der Waals surface area contributed by atoms with Gasteiger partial charge in [0.05, 0.1) is 23.1 Å². The number of para-hydroxylation sites is 2. The van der Waals surface area contributed by atoms with E-state index >= 15 is 0 Å². The molecule has 0 atom stereocenters. The molecule has 2 aromatic heterocycles. The molecule has 0 spiro atoms. The number of aromatic nitrogens is 3. The van der Waals surface area contributed by atoms with Crippen LogP contribution >= 0.6 is 22.9 Å². The minimum Gasteiger partial charge on any atom is -0.342 e. The number of benzene rings is 2. The molecule has 1 aliphatic heterocycles. The van der Waals surface area contributed by atoms with Gasteiger partial charge in [0.25, 0.3) is 5.91 Å². The summed E-state index contributed by atoms with van der Waals surface area (Å²) < 4.78 is 1.80. The number of thiazole rings is 1. The van der Waals surface area contributed by atoms with Gasteiger partial charge < -0.3 is 20.1 Å². The fourth-order valence-electron chi connectivity index (χ4n) is 5.08. The Balaban J connectivity index is 1.14. The van der Waals surface area contributed by atoms with Crippen LogP contribution in [0.2, 0.25) is 5.02 Å². The highest BCUT2D eigenvalue weighted by Crippen LogP contribution is 2.25. The van der Waals surface area contributed by atoms with Gasteiger partial charge in [-0.25, -0.2) is 9.78 Å². The first kappa shape index (κ1) is 28.6. The molecule has 3 amide bonds. The van der Waals surface area contributed by atoms with Gasteiger partial charge in [-0.2, -0.15) is 0 Å². The highest BCUT2D eigenvalue weighted by molar-refractivity contribution is 7.13. The second-order valence-corrected chi connectivity index (χ2v) is 11.6. The largest absolute Gasteiger partial charge is 0.342 e. The summed E-state index contributed by atoms with van der Waals surface area (Å²) in [6.45, 7) is 4.65. The Bertz CT molecular complexity index is 1620. The highest BCUT2D eigenvalue weighted by Gasteiger charge is 2.27. The highest BCUT2D eigenvalue weighted by atomic mass is 35.5. The molecular weight excluding hydrogens is 564 g/mol. The van der Waals surface area contributed by atoms with E-state index in [9.17, 15) is 19.2 Å². The van der Waals surface area contributed by atoms with Crippen LogP contribution in [0.4, 0.5) is 5.13 Å². The molecular formula is C29H31ClN6O4S. The summed E-state index contributed by atoms with van der Waals surface area (Å²) in [5.74, 6) is -0.684. The van der Waals surface area contributed by atoms with Crippen molar-refractivity contribution in [3.8, 4) is 0 Å². The number of carbonyl (C=O) groups is 3. The monoisotopic (exact) mass is 594 g/mol. The van der Waals surface area contributed by atoms with E-state index in [4.69, 9.17) is 11.6 Å². The number of aromatic amines is 1. The Labute approximate surface area is 245 Å². The molecule has 12 heteroatoms. The summed E-state index contributed by atoms with van der Waals surface area (Å²) in [6.07, 6.45) is 1.50. The number of anilines is 1. The van der Waals surface area contributed by atoms with E-state index in [2.05, 4.69) is 15.3 Å². The molecule has 214 valence electrons. The number of H-pyrrole nitrogens is 1. The van der Waals surface area contributed by atoms with Crippen molar-refractivity contribution in [2.75, 3.05) is 25.0 Å². The quantitative estimate of drug-likeness (QED) is 0.314. The second-order valence-electron chi connectivity index (χ2n) is 10.3. The van der Waals surface area contributed by atoms with Crippen molar-refractivity contribution in [2.45, 2.75) is 45.2 Å². The Morgan fingerprint density at radius 1 is 1.12 bits per heavy atom. The van der Waals surface area contributed by atoms with Crippen molar-refractivity contribution >= 4 is 56.8 Å². The van der Waals surface area contributed by atoms with Gasteiger partial charge in [-0.15, -0.1) is 11.3 Å². The van der Waals surface area contributed by atoms with Gasteiger partial charge in [0.15, 0.2) is 5.13 Å². The number of carbonyl (C=O) groups excluding carboxylic acids is 3. The zero-order valence-electron chi connectivity index (χ0n) is 22.8. The number of amides is 3. The molecule has 4 aromatic rings. The van der Waals surface area contributed by atoms with Gasteiger partial charge in [-0.1, -0.05) is 23.7 Å². The van der Waals surface area contributed by atoms with E-state index < -0.39 is 0 Å². The summed E-state index contributed by atoms with van der Waals surface area (Å²) in [7, 11) is 0. The molecule has 2 aromatic carbocycles. The predicted molar refractivity (Wildman–Crippen MR) is 159 cm³/mol. The van der Waals surface area contributed by atoms with Crippen LogP contribution in [-0.2, 0) is 16.0 Å². The van der Waals surface area contributed by atoms with Crippen LogP contribution in [0.15, 0.2) is 58.7 Å². The summed E-state index contributed by atoms with van der Waals surface area (Å²) >= 11 is 7.16. The number of imidazole rings is 1. The van der Waals surface area contributed by atoms with E-state index in [0.29, 0.717) is 47.3 Å². The van der Waals surface area contributed by atoms with Crippen molar-refractivity contribution < 1.29 is 14.4 Å². The topological polar surface area (TPSA) is 120 Å². The number of nitrogens with one attached hydrogen (secondary N) is 2. The molecule has 1 aliphatic rings. The van der Waals surface area contributed by atoms with Crippen LogP contribution in [0.3, 0.4) is 0 Å². The van der Waals surface area contributed by atoms with Gasteiger partial charge >= 0.3 is 5.69 Å². The van der Waals surface area contributed by atoms with E-state index in [1.54, 1.807) is 39.1 Å². The van der Waals surface area contributed by atoms with Crippen molar-refractivity contribution in [3.63, 3.8) is 0 Å². The van der Waals surface area contributed by atoms with Crippen LogP contribution in [0.1, 0.15) is 48.8 Å². The number of nitrogens with zero attached hydrogens (tertiary/aromatic N) is 4. The lowest BCUT2D eigenvalue weighted by atomic mass is 10.0. The number of hydrogen-bond donors (Lipinski definition) is 2. The molecule has 5 rings (SSSR count). The Morgan fingerprint density at radius 3 is 2.54 bits per heavy atom. The molecule has 0 unspecified atom stereocenters. The molecule has 2 N–H and O–H groups in total. The van der Waals surface area contributed by atoms with Crippen LogP contribution in [0.5, 0.6) is 0 Å². The lowest BCUT2D eigenvalue weighted by Gasteiger charge is -2.32. The maximum atomic E-state index is 13.0. The third-order valence-corrected chi connectivity index (χ3v) is 8.28. The average molecular weight is 595 g/mol. The first-order valence-corrected chi connectivity index (χ1v) is 14.7. The van der Waals surface area contributed by atoms with Crippen LogP contribution in [-0.4, -0.2) is 67.7 Å². The SMILES string of the molecule is CC(C)N(CC(=O)Nc1nc(CC(=O)N2CCC(n3c(=O)[nH]c4ccccc43)CC2)cs1)C(=O)c1ccc(Cl)cc1. The predicted octanol–water partition coefficient (Wildman–Crippen LogP) is 4.34. The normalized spacial score (nSPS) is 14.0. The number of piperidine rings is 1. The second kappa shape index (κ2) is 12.3. The third kappa shape index (κ3) is 6.52. The third-order valence-electron chi connectivity index (χ3n) is 7.23. The number of fused-ring (bicyclic) bond motifs is 1. The van der Waals surface area contributed by atoms with E-state index in [0.717, 1.165) is 11.0 Å². The molecule has 10 nitrogen and oxygen atoms in total. The van der Waals surface area contributed by atoms with Gasteiger partial charge in [0.1, 0.15) is 6.54 Å². The Hall–Kier alpha value is -3.96. The van der Waals surface area contributed by atoms with Crippen molar-refractivity contribution in [1.82, 2.24) is 24.3 Å². The van der Waals surface area contributed by atoms with Gasteiger partial charge in [0.2, 0.25) is 11.8 Å². The molecule has 1 saturated heterocycles. The first-order valence-electron chi connectivity index (χ1n) is 13.5. The van der Waals surface area contributed by atoms with Crippen molar-refractivity contribution in [1.29, 1.82) is 0 Å². The zero-order valence-corrected chi connectivity index (χ0v) is 24.4. The van der Waals surface area contributed by atoms with E-state index in [-0.39, 0.29) is 48.5 Å². The molecule has 41 heavy (non-hydrogen) atoms. The van der Waals surface area contributed by atoms with Gasteiger partial charge in [-0.3, -0.25) is 19.0 Å². The van der Waals surface area contributed by atoms with Crippen LogP contribution in [0, 0.1) is 0 Å². The standard InChI is InChI=1S/C29H31ClN6O4S/c1-18(2)35(27(39)19-7-9-20(30)10-8-19)16-25(37)33-28-31-21(17-41-28)15-26(38)34-13-11-22(12-14-34)36-24-6-4-3-5-23(24)32-29(36)40/h3-10,17-18,22H,11-16H2,1-2H3,(H,32,40)(H,31,33,37). The Morgan fingerprint density at radius 2 is 1.83 bits per heavy atom. The summed E-state index contributed by atoms with van der Waals surface area (Å²) in [5.41, 5.74) is 2.59. The van der Waals surface area contributed by atoms with Gasteiger partial charge in [0, 0.05) is 41.1 Å². The fourth-order valence-corrected chi connectivity index (χ4v) is 5.94. The molecule has 0 saturated carbocycles. The lowest BCUT2D eigenvalue weighted by molar-refractivity contribution is -0.131. The fraction of sp³-hybridized carbons (Fsp3) is 0.345. The van der Waals surface area contributed by atoms with Crippen molar-refractivity contribution in [3.05, 3.63) is 80.7 Å². The van der Waals surface area contributed by atoms with Crippen LogP contribution in [0.25, 0.3) is 11.0 Å². The zero-order chi connectivity index (χ0) is 29.1. The summed E-state index contributed by atoms with van der Waals surface area (Å²) in [4.78, 5) is 61.9. The molecule has 0 aliphatic carbocycles. The number of halogens is 1. The summed E-state index contributed by atoms with van der Waals surface area (Å²) in [6, 6.07) is 14.0. The maximum absolute atomic E-state index is 13.0. The minimum absolute atomic E-state index is 0.0285. The Kier molecular flexibility index (Phi) is 8.55. The number of rotatable bonds is 8. The van der Waals surface area contributed by atoms with Gasteiger partial charge in [-0.05, 0) is 63.1 Å².